The Morgan fingerprint density at radius 2 is 1.87 bits per heavy atom. The van der Waals surface area contributed by atoms with Crippen molar-refractivity contribution in [2.45, 2.75) is 56.9 Å². The van der Waals surface area contributed by atoms with Gasteiger partial charge >= 0.3 is 0 Å². The van der Waals surface area contributed by atoms with E-state index < -0.39 is 9.84 Å². The van der Waals surface area contributed by atoms with E-state index in [-0.39, 0.29) is 24.1 Å². The van der Waals surface area contributed by atoms with E-state index in [1.54, 1.807) is 19.2 Å². The number of amides is 1. The Bertz CT molecular complexity index is 1030. The molecule has 0 heterocycles. The number of hydrogen-bond acceptors (Lipinski definition) is 5. The molecule has 0 aliphatic heterocycles. The lowest BCUT2D eigenvalue weighted by Gasteiger charge is -2.17. The van der Waals surface area contributed by atoms with Crippen LogP contribution in [0.15, 0.2) is 41.3 Å². The summed E-state index contributed by atoms with van der Waals surface area (Å²) in [5.74, 6) is 0.748. The smallest absolute Gasteiger partial charge is 0.221 e. The van der Waals surface area contributed by atoms with Gasteiger partial charge in [0.1, 0.15) is 0 Å². The molecule has 31 heavy (non-hydrogen) atoms. The number of fused-ring (bicyclic) bond motifs is 1. The molecule has 0 bridgehead atoms. The predicted molar refractivity (Wildman–Crippen MR) is 120 cm³/mol. The van der Waals surface area contributed by atoms with Gasteiger partial charge in [-0.1, -0.05) is 19.1 Å². The van der Waals surface area contributed by atoms with Crippen LogP contribution in [0.25, 0.3) is 0 Å². The molecular weight excluding hydrogens is 414 g/mol. The van der Waals surface area contributed by atoms with Crippen LogP contribution in [-0.4, -0.2) is 33.8 Å². The summed E-state index contributed by atoms with van der Waals surface area (Å²) in [4.78, 5) is 12.7. The van der Waals surface area contributed by atoms with E-state index in [0.717, 1.165) is 36.8 Å². The largest absolute Gasteiger partial charge is 0.493 e. The van der Waals surface area contributed by atoms with E-state index in [0.29, 0.717) is 23.0 Å². The zero-order chi connectivity index (χ0) is 22.4. The summed E-state index contributed by atoms with van der Waals surface area (Å²) in [6, 6.07) is 10.6. The maximum absolute atomic E-state index is 12.7. The lowest BCUT2D eigenvalue weighted by Crippen LogP contribution is -2.28. The molecule has 0 saturated heterocycles. The van der Waals surface area contributed by atoms with Gasteiger partial charge in [-0.05, 0) is 73.6 Å². The van der Waals surface area contributed by atoms with Crippen LogP contribution in [0.3, 0.4) is 0 Å². The van der Waals surface area contributed by atoms with Crippen LogP contribution in [0, 0.1) is 0 Å². The molecular formula is C24H31NO5S. The molecule has 1 atom stereocenters. The summed E-state index contributed by atoms with van der Waals surface area (Å²) >= 11 is 0. The minimum Gasteiger partial charge on any atom is -0.493 e. The van der Waals surface area contributed by atoms with Crippen LogP contribution in [0.5, 0.6) is 11.5 Å². The number of sulfone groups is 1. The summed E-state index contributed by atoms with van der Waals surface area (Å²) in [5.41, 5.74) is 3.20. The summed E-state index contributed by atoms with van der Waals surface area (Å²) in [6.07, 6.45) is 3.80. The van der Waals surface area contributed by atoms with Crippen molar-refractivity contribution in [3.05, 3.63) is 53.1 Å². The van der Waals surface area contributed by atoms with Crippen LogP contribution in [0.4, 0.5) is 0 Å². The number of nitrogens with one attached hydrogen (secondary N) is 1. The Hall–Kier alpha value is -2.54. The molecule has 3 rings (SSSR count). The van der Waals surface area contributed by atoms with Gasteiger partial charge < -0.3 is 14.8 Å². The highest BCUT2D eigenvalue weighted by Gasteiger charge is 2.21. The molecule has 0 saturated carbocycles. The maximum Gasteiger partial charge on any atom is 0.221 e. The Labute approximate surface area is 184 Å². The molecule has 0 radical (unpaired) electrons. The van der Waals surface area contributed by atoms with Crippen molar-refractivity contribution in [3.63, 3.8) is 0 Å². The number of carbonyl (C=O) groups is 1. The molecule has 0 fully saturated rings. The highest BCUT2D eigenvalue weighted by molar-refractivity contribution is 7.91. The molecule has 1 N–H and O–H groups in total. The first-order valence-electron chi connectivity index (χ1n) is 10.8. The van der Waals surface area contributed by atoms with Crippen LogP contribution >= 0.6 is 0 Å². The normalized spacial score (nSPS) is 14.0. The van der Waals surface area contributed by atoms with Crippen LogP contribution in [0.2, 0.25) is 0 Å². The molecule has 1 aliphatic rings. The summed E-state index contributed by atoms with van der Waals surface area (Å²) < 4.78 is 36.4. The molecule has 1 amide bonds. The SMILES string of the molecule is CCCOc1ccc(C(C)NC(=O)CCS(=O)(=O)c2ccc3c(c2)CCC3)cc1OC. The summed E-state index contributed by atoms with van der Waals surface area (Å²) in [6.45, 7) is 4.48. The monoisotopic (exact) mass is 445 g/mol. The van der Waals surface area contributed by atoms with E-state index in [1.807, 2.05) is 38.1 Å². The van der Waals surface area contributed by atoms with Gasteiger partial charge in [0.25, 0.3) is 0 Å². The highest BCUT2D eigenvalue weighted by atomic mass is 32.2. The van der Waals surface area contributed by atoms with Crippen LogP contribution in [-0.2, 0) is 27.5 Å². The van der Waals surface area contributed by atoms with Crippen LogP contribution in [0.1, 0.15) is 55.8 Å². The fourth-order valence-electron chi connectivity index (χ4n) is 3.77. The average Bonchev–Trinajstić information content (AvgIpc) is 3.24. The fraction of sp³-hybridized carbons (Fsp3) is 0.458. The van der Waals surface area contributed by atoms with Gasteiger partial charge in [-0.3, -0.25) is 4.79 Å². The number of ether oxygens (including phenoxy) is 2. The van der Waals surface area contributed by atoms with E-state index in [9.17, 15) is 13.2 Å². The van der Waals surface area contributed by atoms with Gasteiger partial charge in [-0.25, -0.2) is 8.42 Å². The fourth-order valence-corrected chi connectivity index (χ4v) is 5.06. The number of aryl methyl sites for hydroxylation is 2. The summed E-state index contributed by atoms with van der Waals surface area (Å²) in [5, 5.41) is 2.88. The minimum absolute atomic E-state index is 0.0847. The summed E-state index contributed by atoms with van der Waals surface area (Å²) in [7, 11) is -1.93. The van der Waals surface area contributed by atoms with Gasteiger partial charge in [0.2, 0.25) is 5.91 Å². The Kier molecular flexibility index (Phi) is 7.59. The van der Waals surface area contributed by atoms with Crippen LogP contribution < -0.4 is 14.8 Å². The molecule has 2 aromatic rings. The third kappa shape index (κ3) is 5.79. The van der Waals surface area contributed by atoms with Crippen molar-refractivity contribution in [2.75, 3.05) is 19.5 Å². The average molecular weight is 446 g/mol. The molecule has 0 aromatic heterocycles. The molecule has 6 nitrogen and oxygen atoms in total. The van der Waals surface area contributed by atoms with Gasteiger partial charge in [-0.15, -0.1) is 0 Å². The third-order valence-electron chi connectivity index (χ3n) is 5.55. The van der Waals surface area contributed by atoms with Crippen molar-refractivity contribution in [2.24, 2.45) is 0 Å². The molecule has 7 heteroatoms. The van der Waals surface area contributed by atoms with Crippen molar-refractivity contribution >= 4 is 15.7 Å². The van der Waals surface area contributed by atoms with Gasteiger partial charge in [0.15, 0.2) is 21.3 Å². The second-order valence-electron chi connectivity index (χ2n) is 7.90. The highest BCUT2D eigenvalue weighted by Crippen LogP contribution is 2.30. The van der Waals surface area contributed by atoms with E-state index in [2.05, 4.69) is 5.32 Å². The quantitative estimate of drug-likeness (QED) is 0.597. The number of methoxy groups -OCH3 is 1. The Morgan fingerprint density at radius 3 is 2.61 bits per heavy atom. The van der Waals surface area contributed by atoms with Gasteiger partial charge in [-0.2, -0.15) is 0 Å². The molecule has 1 aliphatic carbocycles. The topological polar surface area (TPSA) is 81.7 Å². The van der Waals surface area contributed by atoms with Crippen molar-refractivity contribution in [1.29, 1.82) is 0 Å². The molecule has 2 aromatic carbocycles. The molecule has 168 valence electrons. The number of hydrogen-bond donors (Lipinski definition) is 1. The number of carbonyl (C=O) groups excluding carboxylic acids is 1. The lowest BCUT2D eigenvalue weighted by atomic mass is 10.1. The Morgan fingerprint density at radius 1 is 1.10 bits per heavy atom. The molecule has 1 unspecified atom stereocenters. The van der Waals surface area contributed by atoms with E-state index >= 15 is 0 Å². The zero-order valence-corrected chi connectivity index (χ0v) is 19.3. The van der Waals surface area contributed by atoms with Crippen molar-refractivity contribution < 1.29 is 22.7 Å². The van der Waals surface area contributed by atoms with E-state index in [4.69, 9.17) is 9.47 Å². The number of rotatable bonds is 10. The van der Waals surface area contributed by atoms with Crippen molar-refractivity contribution in [1.82, 2.24) is 5.32 Å². The Balaban J connectivity index is 1.59. The minimum atomic E-state index is -3.50. The van der Waals surface area contributed by atoms with Gasteiger partial charge in [0.05, 0.1) is 30.4 Å². The second kappa shape index (κ2) is 10.2. The first-order valence-corrected chi connectivity index (χ1v) is 12.4. The first-order chi connectivity index (χ1) is 14.8. The standard InChI is InChI=1S/C24H31NO5S/c1-4-13-30-22-11-9-19(16-23(22)29-3)17(2)25-24(26)12-14-31(27,28)21-10-8-18-6-5-7-20(18)15-21/h8-11,15-17H,4-7,12-14H2,1-3H3,(H,25,26). The zero-order valence-electron chi connectivity index (χ0n) is 18.4. The molecule has 0 spiro atoms. The lowest BCUT2D eigenvalue weighted by molar-refractivity contribution is -0.121. The predicted octanol–water partition coefficient (Wildman–Crippen LogP) is 4.01. The van der Waals surface area contributed by atoms with E-state index in [1.165, 1.54) is 5.56 Å². The van der Waals surface area contributed by atoms with Gasteiger partial charge in [0, 0.05) is 6.42 Å². The second-order valence-corrected chi connectivity index (χ2v) is 10.0. The number of benzene rings is 2. The first kappa shape index (κ1) is 23.1. The third-order valence-corrected chi connectivity index (χ3v) is 7.27. The van der Waals surface area contributed by atoms with Crippen molar-refractivity contribution in [3.8, 4) is 11.5 Å². The maximum atomic E-state index is 12.7.